The van der Waals surface area contributed by atoms with Crippen LogP contribution >= 0.6 is 0 Å². The quantitative estimate of drug-likeness (QED) is 0.566. The number of rotatable bonds is 4. The minimum absolute atomic E-state index is 0.369. The Morgan fingerprint density at radius 1 is 0.900 bits per heavy atom. The van der Waals surface area contributed by atoms with Crippen molar-refractivity contribution in [3.63, 3.8) is 0 Å². The second-order valence-electron chi connectivity index (χ2n) is 7.22. The molecule has 3 rings (SSSR count). The van der Waals surface area contributed by atoms with Gasteiger partial charge in [0.25, 0.3) is 0 Å². The Balaban J connectivity index is 1.64. The molecule has 30 heavy (non-hydrogen) atoms. The van der Waals surface area contributed by atoms with Gasteiger partial charge in [-0.15, -0.1) is 0 Å². The summed E-state index contributed by atoms with van der Waals surface area (Å²) in [6.07, 6.45) is -3.54. The van der Waals surface area contributed by atoms with E-state index in [-0.39, 0.29) is 0 Å². The van der Waals surface area contributed by atoms with Gasteiger partial charge in [0.2, 0.25) is 0 Å². The summed E-state index contributed by atoms with van der Waals surface area (Å²) in [5.74, 6) is 0.872. The Kier molecular flexibility index (Phi) is 6.24. The summed E-state index contributed by atoms with van der Waals surface area (Å²) < 4.78 is 38.1. The van der Waals surface area contributed by atoms with Gasteiger partial charge >= 0.3 is 6.18 Å². The Morgan fingerprint density at radius 2 is 1.53 bits per heavy atom. The Morgan fingerprint density at radius 3 is 2.07 bits per heavy atom. The molecule has 8 heteroatoms. The van der Waals surface area contributed by atoms with E-state index in [0.717, 1.165) is 29.0 Å². The van der Waals surface area contributed by atoms with Crippen molar-refractivity contribution in [2.24, 2.45) is 0 Å². The van der Waals surface area contributed by atoms with Crippen LogP contribution in [-0.4, -0.2) is 47.6 Å². The molecule has 0 bridgehead atoms. The Labute approximate surface area is 173 Å². The molecule has 1 aromatic heterocycles. The lowest BCUT2D eigenvalue weighted by Crippen LogP contribution is -2.49. The highest BCUT2D eigenvalue weighted by atomic mass is 19.4. The summed E-state index contributed by atoms with van der Waals surface area (Å²) in [6, 6.07) is 11.8. The van der Waals surface area contributed by atoms with Gasteiger partial charge < -0.3 is 9.80 Å². The highest BCUT2D eigenvalue weighted by Crippen LogP contribution is 2.29. The minimum atomic E-state index is -4.39. The standard InChI is InChI=1S/C22H24F3N5/c1-15(20(26)17-6-4-3-5-7-17)16(2)21(27)30-12-10-29(11-13-30)19-9-8-18(14-28-19)22(23,24)25/h3-9,14,26-27H,10-13H2,1-2H3/b16-15-,26-20?,27-21?. The smallest absolute Gasteiger partial charge is 0.353 e. The van der Waals surface area contributed by atoms with Crippen LogP contribution in [0.2, 0.25) is 0 Å². The van der Waals surface area contributed by atoms with Crippen LogP contribution in [0.4, 0.5) is 19.0 Å². The largest absolute Gasteiger partial charge is 0.417 e. The predicted molar refractivity (Wildman–Crippen MR) is 112 cm³/mol. The lowest BCUT2D eigenvalue weighted by molar-refractivity contribution is -0.137. The molecular weight excluding hydrogens is 391 g/mol. The molecule has 1 aromatic carbocycles. The Bertz CT molecular complexity index is 941. The normalized spacial score (nSPS) is 15.6. The minimum Gasteiger partial charge on any atom is -0.353 e. The van der Waals surface area contributed by atoms with Gasteiger partial charge in [0.05, 0.1) is 11.3 Å². The van der Waals surface area contributed by atoms with Crippen LogP contribution in [0, 0.1) is 10.8 Å². The fourth-order valence-electron chi connectivity index (χ4n) is 3.32. The van der Waals surface area contributed by atoms with Gasteiger partial charge in [0, 0.05) is 32.4 Å². The number of hydrogen-bond acceptors (Lipinski definition) is 4. The fraction of sp³-hybridized carbons (Fsp3) is 0.318. The van der Waals surface area contributed by atoms with E-state index >= 15 is 0 Å². The highest BCUT2D eigenvalue weighted by molar-refractivity contribution is 6.14. The number of nitrogens with one attached hydrogen (secondary N) is 2. The topological polar surface area (TPSA) is 67.1 Å². The van der Waals surface area contributed by atoms with Crippen LogP contribution in [0.5, 0.6) is 0 Å². The molecule has 0 spiro atoms. The first kappa shape index (κ1) is 21.5. The maximum absolute atomic E-state index is 12.7. The van der Waals surface area contributed by atoms with E-state index in [1.54, 1.807) is 0 Å². The average Bonchev–Trinajstić information content (AvgIpc) is 2.77. The molecule has 0 aliphatic carbocycles. The molecule has 1 aliphatic heterocycles. The number of piperazine rings is 1. The predicted octanol–water partition coefficient (Wildman–Crippen LogP) is 4.60. The van der Waals surface area contributed by atoms with Gasteiger partial charge in [-0.25, -0.2) is 4.98 Å². The van der Waals surface area contributed by atoms with E-state index in [9.17, 15) is 13.2 Å². The molecule has 2 aromatic rings. The molecular formula is C22H24F3N5. The van der Waals surface area contributed by atoms with Gasteiger partial charge in [0.15, 0.2) is 0 Å². The molecule has 0 atom stereocenters. The molecule has 0 saturated carbocycles. The summed E-state index contributed by atoms with van der Waals surface area (Å²) in [6.45, 7) is 5.93. The third-order valence-corrected chi connectivity index (χ3v) is 5.35. The summed E-state index contributed by atoms with van der Waals surface area (Å²) in [7, 11) is 0. The molecule has 158 valence electrons. The lowest BCUT2D eigenvalue weighted by Gasteiger charge is -2.37. The van der Waals surface area contributed by atoms with E-state index in [1.165, 1.54) is 6.07 Å². The van der Waals surface area contributed by atoms with Crippen molar-refractivity contribution < 1.29 is 13.2 Å². The fourth-order valence-corrected chi connectivity index (χ4v) is 3.32. The maximum atomic E-state index is 12.7. The molecule has 1 fully saturated rings. The first-order valence-corrected chi connectivity index (χ1v) is 9.62. The Hall–Kier alpha value is -3.16. The van der Waals surface area contributed by atoms with E-state index in [2.05, 4.69) is 4.98 Å². The molecule has 0 amide bonds. The van der Waals surface area contributed by atoms with Crippen molar-refractivity contribution in [1.82, 2.24) is 9.88 Å². The molecule has 0 unspecified atom stereocenters. The maximum Gasteiger partial charge on any atom is 0.417 e. The number of anilines is 1. The SMILES string of the molecule is C/C(C(=N)c1ccccc1)=C(\C)C(=N)N1CCN(c2ccc(C(F)(F)F)cn2)CC1. The van der Waals surface area contributed by atoms with Crippen LogP contribution in [0.25, 0.3) is 0 Å². The van der Waals surface area contributed by atoms with Gasteiger partial charge in [0.1, 0.15) is 11.7 Å². The molecule has 5 nitrogen and oxygen atoms in total. The first-order chi connectivity index (χ1) is 14.2. The van der Waals surface area contributed by atoms with Crippen molar-refractivity contribution in [2.75, 3.05) is 31.1 Å². The number of benzene rings is 1. The first-order valence-electron chi connectivity index (χ1n) is 9.62. The van der Waals surface area contributed by atoms with Crippen LogP contribution in [0.15, 0.2) is 59.8 Å². The molecule has 2 N–H and O–H groups in total. The van der Waals surface area contributed by atoms with E-state index in [0.29, 0.717) is 43.5 Å². The van der Waals surface area contributed by atoms with E-state index in [1.807, 2.05) is 54.0 Å². The summed E-state index contributed by atoms with van der Waals surface area (Å²) >= 11 is 0. The van der Waals surface area contributed by atoms with Crippen molar-refractivity contribution in [3.05, 3.63) is 70.9 Å². The number of amidine groups is 1. The van der Waals surface area contributed by atoms with E-state index < -0.39 is 11.7 Å². The zero-order chi connectivity index (χ0) is 21.9. The monoisotopic (exact) mass is 415 g/mol. The van der Waals surface area contributed by atoms with Crippen LogP contribution in [0.1, 0.15) is 25.0 Å². The van der Waals surface area contributed by atoms with Gasteiger partial charge in [-0.1, -0.05) is 30.3 Å². The average molecular weight is 415 g/mol. The van der Waals surface area contributed by atoms with Gasteiger partial charge in [-0.3, -0.25) is 10.8 Å². The van der Waals surface area contributed by atoms with E-state index in [4.69, 9.17) is 10.8 Å². The lowest BCUT2D eigenvalue weighted by atomic mass is 9.98. The van der Waals surface area contributed by atoms with Crippen molar-refractivity contribution >= 4 is 17.4 Å². The third kappa shape index (κ3) is 4.69. The number of aromatic nitrogens is 1. The van der Waals surface area contributed by atoms with Crippen LogP contribution in [-0.2, 0) is 6.18 Å². The van der Waals surface area contributed by atoms with Crippen molar-refractivity contribution in [3.8, 4) is 0 Å². The molecule has 0 radical (unpaired) electrons. The third-order valence-electron chi connectivity index (χ3n) is 5.35. The summed E-state index contributed by atoms with van der Waals surface area (Å²) in [5.41, 5.74) is 1.93. The second kappa shape index (κ2) is 8.69. The number of hydrogen-bond donors (Lipinski definition) is 2. The van der Waals surface area contributed by atoms with Crippen molar-refractivity contribution in [2.45, 2.75) is 20.0 Å². The highest BCUT2D eigenvalue weighted by Gasteiger charge is 2.31. The number of allylic oxidation sites excluding steroid dienone is 1. The number of halogens is 3. The summed E-state index contributed by atoms with van der Waals surface area (Å²) in [4.78, 5) is 7.80. The number of alkyl halides is 3. The molecule has 1 saturated heterocycles. The summed E-state index contributed by atoms with van der Waals surface area (Å²) in [5, 5.41) is 17.0. The zero-order valence-electron chi connectivity index (χ0n) is 16.9. The zero-order valence-corrected chi connectivity index (χ0v) is 16.9. The number of nitrogens with zero attached hydrogens (tertiary/aromatic N) is 3. The van der Waals surface area contributed by atoms with Gasteiger partial charge in [-0.05, 0) is 42.7 Å². The molecule has 1 aliphatic rings. The van der Waals surface area contributed by atoms with Crippen LogP contribution < -0.4 is 4.90 Å². The number of pyridine rings is 1. The van der Waals surface area contributed by atoms with Crippen molar-refractivity contribution in [1.29, 1.82) is 10.8 Å². The van der Waals surface area contributed by atoms with Crippen LogP contribution in [0.3, 0.4) is 0 Å². The molecule has 2 heterocycles. The second-order valence-corrected chi connectivity index (χ2v) is 7.22. The van der Waals surface area contributed by atoms with Gasteiger partial charge in [-0.2, -0.15) is 13.2 Å².